The third-order valence-corrected chi connectivity index (χ3v) is 4.53. The number of nitrogens with one attached hydrogen (secondary N) is 1. The van der Waals surface area contributed by atoms with Crippen LogP contribution in [0, 0.1) is 0 Å². The van der Waals surface area contributed by atoms with Crippen molar-refractivity contribution in [1.82, 2.24) is 5.32 Å². The summed E-state index contributed by atoms with van der Waals surface area (Å²) in [6, 6.07) is 6.15. The van der Waals surface area contributed by atoms with Crippen molar-refractivity contribution in [3.63, 3.8) is 0 Å². The van der Waals surface area contributed by atoms with Crippen molar-refractivity contribution in [1.29, 1.82) is 0 Å². The van der Waals surface area contributed by atoms with E-state index in [1.807, 2.05) is 24.9 Å². The Bertz CT molecular complexity index is 366. The lowest BCUT2D eigenvalue weighted by Gasteiger charge is -2.22. The zero-order chi connectivity index (χ0) is 12.1. The van der Waals surface area contributed by atoms with Crippen LogP contribution in [0.3, 0.4) is 0 Å². The molecule has 1 saturated heterocycles. The predicted molar refractivity (Wildman–Crippen MR) is 73.9 cm³/mol. The maximum atomic E-state index is 6.08. The Morgan fingerprint density at radius 1 is 1.41 bits per heavy atom. The highest BCUT2D eigenvalue weighted by molar-refractivity contribution is 8.00. The number of ether oxygens (including phenoxy) is 1. The van der Waals surface area contributed by atoms with Gasteiger partial charge in [0.1, 0.15) is 0 Å². The van der Waals surface area contributed by atoms with E-state index >= 15 is 0 Å². The van der Waals surface area contributed by atoms with Crippen molar-refractivity contribution in [2.75, 3.05) is 20.3 Å². The van der Waals surface area contributed by atoms with E-state index in [1.165, 1.54) is 10.5 Å². The minimum Gasteiger partial charge on any atom is -0.381 e. The Kier molecular flexibility index (Phi) is 5.16. The molecule has 2 nitrogen and oxygen atoms in total. The van der Waals surface area contributed by atoms with Crippen LogP contribution < -0.4 is 5.32 Å². The molecule has 0 radical (unpaired) electrons. The maximum absolute atomic E-state index is 6.08. The molecule has 0 aromatic heterocycles. The zero-order valence-corrected chi connectivity index (χ0v) is 11.6. The summed E-state index contributed by atoms with van der Waals surface area (Å²) in [7, 11) is 1.97. The average Bonchev–Trinajstić information content (AvgIpc) is 2.34. The Labute approximate surface area is 112 Å². The van der Waals surface area contributed by atoms with Gasteiger partial charge in [-0.05, 0) is 37.6 Å². The van der Waals surface area contributed by atoms with Gasteiger partial charge in [-0.15, -0.1) is 11.8 Å². The summed E-state index contributed by atoms with van der Waals surface area (Å²) in [5.74, 6) is 0. The molecule has 1 aliphatic heterocycles. The van der Waals surface area contributed by atoms with E-state index in [1.54, 1.807) is 0 Å². The second-order valence-electron chi connectivity index (χ2n) is 4.21. The Hall–Kier alpha value is -0.220. The number of rotatable bonds is 4. The van der Waals surface area contributed by atoms with Crippen molar-refractivity contribution < 1.29 is 4.74 Å². The fraction of sp³-hybridized carbons (Fsp3) is 0.538. The fourth-order valence-corrected chi connectivity index (χ4v) is 3.46. The summed E-state index contributed by atoms with van der Waals surface area (Å²) in [6.07, 6.45) is 2.27. The molecule has 1 aromatic carbocycles. The van der Waals surface area contributed by atoms with Crippen LogP contribution in [0.1, 0.15) is 18.4 Å². The molecule has 0 bridgehead atoms. The molecule has 0 aliphatic carbocycles. The highest BCUT2D eigenvalue weighted by Gasteiger charge is 2.16. The Morgan fingerprint density at radius 3 is 2.88 bits per heavy atom. The predicted octanol–water partition coefficient (Wildman–Crippen LogP) is 3.33. The van der Waals surface area contributed by atoms with Gasteiger partial charge in [-0.1, -0.05) is 17.7 Å². The largest absolute Gasteiger partial charge is 0.381 e. The smallest absolute Gasteiger partial charge is 0.0476 e. The lowest BCUT2D eigenvalue weighted by Crippen LogP contribution is -2.17. The maximum Gasteiger partial charge on any atom is 0.0476 e. The second-order valence-corrected chi connectivity index (χ2v) is 5.99. The molecule has 0 saturated carbocycles. The standard InChI is InChI=1S/C13H18ClNOS/c1-15-9-10-2-3-11(14)8-13(10)17-12-4-6-16-7-5-12/h2-3,8,12,15H,4-7,9H2,1H3. The van der Waals surface area contributed by atoms with Crippen LogP contribution in [0.2, 0.25) is 5.02 Å². The molecule has 1 fully saturated rings. The first-order valence-electron chi connectivity index (χ1n) is 5.97. The number of hydrogen-bond acceptors (Lipinski definition) is 3. The van der Waals surface area contributed by atoms with Crippen LogP contribution in [0.4, 0.5) is 0 Å². The lowest BCUT2D eigenvalue weighted by molar-refractivity contribution is 0.1000. The van der Waals surface area contributed by atoms with Gasteiger partial charge in [0.15, 0.2) is 0 Å². The van der Waals surface area contributed by atoms with Gasteiger partial charge in [-0.25, -0.2) is 0 Å². The molecule has 0 amide bonds. The van der Waals surface area contributed by atoms with Gasteiger partial charge in [0.25, 0.3) is 0 Å². The van der Waals surface area contributed by atoms with Crippen LogP contribution in [0.25, 0.3) is 0 Å². The normalized spacial score (nSPS) is 17.3. The van der Waals surface area contributed by atoms with E-state index in [0.717, 1.165) is 37.6 Å². The van der Waals surface area contributed by atoms with Crippen LogP contribution in [0.15, 0.2) is 23.1 Å². The highest BCUT2D eigenvalue weighted by atomic mass is 35.5. The van der Waals surface area contributed by atoms with Crippen molar-refractivity contribution in [3.05, 3.63) is 28.8 Å². The highest BCUT2D eigenvalue weighted by Crippen LogP contribution is 2.33. The number of benzene rings is 1. The third-order valence-electron chi connectivity index (χ3n) is 2.86. The number of hydrogen-bond donors (Lipinski definition) is 1. The molecule has 0 atom stereocenters. The van der Waals surface area contributed by atoms with E-state index in [2.05, 4.69) is 17.4 Å². The van der Waals surface area contributed by atoms with Gasteiger partial charge >= 0.3 is 0 Å². The summed E-state index contributed by atoms with van der Waals surface area (Å²) < 4.78 is 5.39. The zero-order valence-electron chi connectivity index (χ0n) is 10.0. The van der Waals surface area contributed by atoms with Crippen molar-refractivity contribution in [3.8, 4) is 0 Å². The molecule has 0 spiro atoms. The van der Waals surface area contributed by atoms with Crippen molar-refractivity contribution in [2.45, 2.75) is 29.5 Å². The molecule has 94 valence electrons. The third kappa shape index (κ3) is 3.88. The van der Waals surface area contributed by atoms with Gasteiger partial charge in [0, 0.05) is 34.9 Å². The summed E-state index contributed by atoms with van der Waals surface area (Å²) in [5.41, 5.74) is 1.33. The molecule has 4 heteroatoms. The lowest BCUT2D eigenvalue weighted by atomic mass is 10.2. The Balaban J connectivity index is 2.08. The molecule has 0 unspecified atom stereocenters. The topological polar surface area (TPSA) is 21.3 Å². The van der Waals surface area contributed by atoms with E-state index in [9.17, 15) is 0 Å². The summed E-state index contributed by atoms with van der Waals surface area (Å²) in [5, 5.41) is 4.68. The molecule has 17 heavy (non-hydrogen) atoms. The van der Waals surface area contributed by atoms with Crippen LogP contribution >= 0.6 is 23.4 Å². The fourth-order valence-electron chi connectivity index (χ4n) is 1.95. The van der Waals surface area contributed by atoms with Gasteiger partial charge in [0.05, 0.1) is 0 Å². The van der Waals surface area contributed by atoms with Gasteiger partial charge in [-0.2, -0.15) is 0 Å². The van der Waals surface area contributed by atoms with E-state index in [-0.39, 0.29) is 0 Å². The quantitative estimate of drug-likeness (QED) is 0.908. The monoisotopic (exact) mass is 271 g/mol. The molecule has 1 aromatic rings. The summed E-state index contributed by atoms with van der Waals surface area (Å²) in [4.78, 5) is 1.30. The summed E-state index contributed by atoms with van der Waals surface area (Å²) >= 11 is 8.02. The molecular formula is C13H18ClNOS. The first kappa shape index (κ1) is 13.2. The van der Waals surface area contributed by atoms with Crippen molar-refractivity contribution in [2.24, 2.45) is 0 Å². The molecule has 1 aliphatic rings. The first-order chi connectivity index (χ1) is 8.29. The van der Waals surface area contributed by atoms with E-state index in [0.29, 0.717) is 5.25 Å². The Morgan fingerprint density at radius 2 is 2.18 bits per heavy atom. The van der Waals surface area contributed by atoms with Crippen LogP contribution in [-0.4, -0.2) is 25.5 Å². The minimum absolute atomic E-state index is 0.665. The molecule has 1 N–H and O–H groups in total. The van der Waals surface area contributed by atoms with Gasteiger partial charge < -0.3 is 10.1 Å². The van der Waals surface area contributed by atoms with Gasteiger partial charge in [-0.3, -0.25) is 0 Å². The van der Waals surface area contributed by atoms with Gasteiger partial charge in [0.2, 0.25) is 0 Å². The first-order valence-corrected chi connectivity index (χ1v) is 7.23. The van der Waals surface area contributed by atoms with Crippen LogP contribution in [0.5, 0.6) is 0 Å². The van der Waals surface area contributed by atoms with Crippen LogP contribution in [-0.2, 0) is 11.3 Å². The summed E-state index contributed by atoms with van der Waals surface area (Å²) in [6.45, 7) is 2.67. The molecular weight excluding hydrogens is 254 g/mol. The average molecular weight is 272 g/mol. The number of thioether (sulfide) groups is 1. The second kappa shape index (κ2) is 6.64. The molecule has 1 heterocycles. The minimum atomic E-state index is 0.665. The SMILES string of the molecule is CNCc1ccc(Cl)cc1SC1CCOCC1. The van der Waals surface area contributed by atoms with E-state index in [4.69, 9.17) is 16.3 Å². The van der Waals surface area contributed by atoms with Crippen molar-refractivity contribution >= 4 is 23.4 Å². The molecule has 2 rings (SSSR count). The number of halogens is 1. The van der Waals surface area contributed by atoms with E-state index < -0.39 is 0 Å².